The van der Waals surface area contributed by atoms with Crippen molar-refractivity contribution in [3.05, 3.63) is 58.6 Å². The fraction of sp³-hybridized carbons (Fsp3) is 0.188. The highest BCUT2D eigenvalue weighted by atomic mass is 79.9. The summed E-state index contributed by atoms with van der Waals surface area (Å²) in [5.41, 5.74) is 3.12. The second kappa shape index (κ2) is 5.29. The fourth-order valence-electron chi connectivity index (χ4n) is 2.55. The van der Waals surface area contributed by atoms with Crippen molar-refractivity contribution in [2.75, 3.05) is 16.8 Å². The minimum absolute atomic E-state index is 0.0263. The van der Waals surface area contributed by atoms with E-state index in [-0.39, 0.29) is 11.9 Å². The molecular weight excluding hydrogens is 316 g/mol. The van der Waals surface area contributed by atoms with Crippen LogP contribution in [0.15, 0.2) is 53.0 Å². The summed E-state index contributed by atoms with van der Waals surface area (Å²) < 4.78 is 0.964. The van der Waals surface area contributed by atoms with Gasteiger partial charge in [0.2, 0.25) is 5.91 Å². The lowest BCUT2D eigenvalue weighted by molar-refractivity contribution is -0.115. The molecule has 4 heteroatoms. The molecule has 0 aromatic heterocycles. The molecule has 102 valence electrons. The Morgan fingerprint density at radius 2 is 1.95 bits per heavy atom. The Labute approximate surface area is 126 Å². The molecule has 1 atom stereocenters. The van der Waals surface area contributed by atoms with E-state index in [2.05, 4.69) is 45.2 Å². The predicted molar refractivity (Wildman–Crippen MR) is 85.0 cm³/mol. The summed E-state index contributed by atoms with van der Waals surface area (Å²) in [6.07, 6.45) is 0. The van der Waals surface area contributed by atoms with E-state index in [1.807, 2.05) is 36.4 Å². The number of amides is 1. The largest absolute Gasteiger partial charge is 0.354 e. The second-order valence-corrected chi connectivity index (χ2v) is 5.84. The number of carbonyl (C=O) groups excluding carboxylic acids is 1. The van der Waals surface area contributed by atoms with Gasteiger partial charge in [-0.25, -0.2) is 0 Å². The van der Waals surface area contributed by atoms with Crippen molar-refractivity contribution in [3.63, 3.8) is 0 Å². The topological polar surface area (TPSA) is 32.3 Å². The summed E-state index contributed by atoms with van der Waals surface area (Å²) in [7, 11) is 0. The number of halogens is 1. The van der Waals surface area contributed by atoms with E-state index in [9.17, 15) is 4.79 Å². The molecule has 0 spiro atoms. The first-order chi connectivity index (χ1) is 9.65. The molecule has 0 fully saturated rings. The van der Waals surface area contributed by atoms with E-state index in [0.717, 1.165) is 15.8 Å². The first-order valence-corrected chi connectivity index (χ1v) is 7.35. The van der Waals surface area contributed by atoms with Crippen LogP contribution in [-0.2, 0) is 4.79 Å². The molecule has 1 amide bonds. The van der Waals surface area contributed by atoms with Crippen molar-refractivity contribution in [2.24, 2.45) is 0 Å². The van der Waals surface area contributed by atoms with Crippen molar-refractivity contribution in [1.29, 1.82) is 0 Å². The van der Waals surface area contributed by atoms with Crippen molar-refractivity contribution in [3.8, 4) is 0 Å². The molecule has 1 unspecified atom stereocenters. The van der Waals surface area contributed by atoms with E-state index in [4.69, 9.17) is 0 Å². The third kappa shape index (κ3) is 2.43. The van der Waals surface area contributed by atoms with Gasteiger partial charge in [0, 0.05) is 4.47 Å². The second-order valence-electron chi connectivity index (χ2n) is 4.92. The zero-order chi connectivity index (χ0) is 14.1. The number of anilines is 2. The highest BCUT2D eigenvalue weighted by Gasteiger charge is 2.26. The Morgan fingerprint density at radius 3 is 2.70 bits per heavy atom. The van der Waals surface area contributed by atoms with E-state index in [0.29, 0.717) is 6.54 Å². The van der Waals surface area contributed by atoms with Gasteiger partial charge in [-0.3, -0.25) is 4.79 Å². The Morgan fingerprint density at radius 1 is 1.20 bits per heavy atom. The quantitative estimate of drug-likeness (QED) is 0.903. The number of rotatable bonds is 2. The molecule has 0 aliphatic carbocycles. The molecule has 20 heavy (non-hydrogen) atoms. The van der Waals surface area contributed by atoms with E-state index in [1.165, 1.54) is 5.56 Å². The van der Waals surface area contributed by atoms with Crippen molar-refractivity contribution in [1.82, 2.24) is 0 Å². The Bertz CT molecular complexity index is 642. The van der Waals surface area contributed by atoms with Gasteiger partial charge in [-0.1, -0.05) is 46.3 Å². The lowest BCUT2D eigenvalue weighted by Crippen LogP contribution is -2.39. The predicted octanol–water partition coefficient (Wildman–Crippen LogP) is 3.97. The summed E-state index contributed by atoms with van der Waals surface area (Å²) in [6, 6.07) is 16.4. The molecule has 1 aliphatic heterocycles. The van der Waals surface area contributed by atoms with Gasteiger partial charge >= 0.3 is 0 Å². The maximum absolute atomic E-state index is 11.9. The van der Waals surface area contributed by atoms with Crippen molar-refractivity contribution >= 4 is 33.2 Å². The van der Waals surface area contributed by atoms with Gasteiger partial charge in [0.1, 0.15) is 0 Å². The van der Waals surface area contributed by atoms with Gasteiger partial charge < -0.3 is 10.2 Å². The van der Waals surface area contributed by atoms with E-state index >= 15 is 0 Å². The van der Waals surface area contributed by atoms with Crippen molar-refractivity contribution in [2.45, 2.75) is 13.0 Å². The normalized spacial score (nSPS) is 15.5. The Kier molecular flexibility index (Phi) is 3.49. The average molecular weight is 331 g/mol. The van der Waals surface area contributed by atoms with Gasteiger partial charge in [0.25, 0.3) is 0 Å². The number of benzene rings is 2. The molecule has 2 aromatic carbocycles. The minimum atomic E-state index is 0.0263. The molecule has 3 nitrogen and oxygen atoms in total. The lowest BCUT2D eigenvalue weighted by atomic mass is 10.0. The van der Waals surface area contributed by atoms with Crippen LogP contribution in [0.2, 0.25) is 0 Å². The summed E-state index contributed by atoms with van der Waals surface area (Å²) in [6.45, 7) is 2.50. The molecule has 1 N–H and O–H groups in total. The van der Waals surface area contributed by atoms with Crippen LogP contribution in [0.1, 0.15) is 18.5 Å². The number of hydrogen-bond donors (Lipinski definition) is 1. The maximum atomic E-state index is 11.9. The van der Waals surface area contributed by atoms with E-state index in [1.54, 1.807) is 0 Å². The van der Waals surface area contributed by atoms with Gasteiger partial charge in [0.05, 0.1) is 24.0 Å². The van der Waals surface area contributed by atoms with Crippen molar-refractivity contribution < 1.29 is 4.79 Å². The molecule has 0 radical (unpaired) electrons. The number of fused-ring (bicyclic) bond motifs is 1. The van der Waals surface area contributed by atoms with Crippen LogP contribution in [-0.4, -0.2) is 12.5 Å². The third-order valence-corrected chi connectivity index (χ3v) is 4.10. The highest BCUT2D eigenvalue weighted by Crippen LogP contribution is 2.36. The standard InChI is InChI=1S/C16H15BrN2O/c1-11(12-5-3-2-4-6-12)19-10-16(20)18-14-9-13(17)7-8-15(14)19/h2-9,11H,10H2,1H3,(H,18,20). The SMILES string of the molecule is CC(c1ccccc1)N1CC(=O)Nc2cc(Br)ccc21. The fourth-order valence-corrected chi connectivity index (χ4v) is 2.91. The monoisotopic (exact) mass is 330 g/mol. The van der Waals surface area contributed by atoms with Crippen LogP contribution >= 0.6 is 15.9 Å². The van der Waals surface area contributed by atoms with Gasteiger partial charge in [-0.05, 0) is 30.7 Å². The third-order valence-electron chi connectivity index (χ3n) is 3.61. The van der Waals surface area contributed by atoms with Crippen LogP contribution < -0.4 is 10.2 Å². The van der Waals surface area contributed by atoms with Crippen LogP contribution in [0.3, 0.4) is 0 Å². The average Bonchev–Trinajstić information content (AvgIpc) is 2.46. The lowest BCUT2D eigenvalue weighted by Gasteiger charge is -2.36. The van der Waals surface area contributed by atoms with Gasteiger partial charge in [-0.15, -0.1) is 0 Å². The molecule has 3 rings (SSSR count). The van der Waals surface area contributed by atoms with Crippen LogP contribution in [0.4, 0.5) is 11.4 Å². The van der Waals surface area contributed by atoms with Crippen LogP contribution in [0.5, 0.6) is 0 Å². The Balaban J connectivity index is 2.01. The van der Waals surface area contributed by atoms with Crippen LogP contribution in [0.25, 0.3) is 0 Å². The molecule has 1 aliphatic rings. The maximum Gasteiger partial charge on any atom is 0.243 e. The first-order valence-electron chi connectivity index (χ1n) is 6.56. The summed E-state index contributed by atoms with van der Waals surface area (Å²) in [5.74, 6) is 0.0263. The van der Waals surface area contributed by atoms with Gasteiger partial charge in [0.15, 0.2) is 0 Å². The zero-order valence-corrected chi connectivity index (χ0v) is 12.7. The summed E-state index contributed by atoms with van der Waals surface area (Å²) in [4.78, 5) is 14.1. The summed E-state index contributed by atoms with van der Waals surface area (Å²) >= 11 is 3.44. The van der Waals surface area contributed by atoms with E-state index < -0.39 is 0 Å². The molecule has 0 bridgehead atoms. The Hall–Kier alpha value is -1.81. The van der Waals surface area contributed by atoms with Gasteiger partial charge in [-0.2, -0.15) is 0 Å². The molecule has 2 aromatic rings. The molecule has 0 saturated carbocycles. The molecule has 0 saturated heterocycles. The first kappa shape index (κ1) is 13.2. The number of nitrogens with zero attached hydrogens (tertiary/aromatic N) is 1. The number of hydrogen-bond acceptors (Lipinski definition) is 2. The number of carbonyl (C=O) groups is 1. The number of nitrogens with one attached hydrogen (secondary N) is 1. The summed E-state index contributed by atoms with van der Waals surface area (Å²) in [5, 5.41) is 2.93. The minimum Gasteiger partial charge on any atom is -0.354 e. The smallest absolute Gasteiger partial charge is 0.243 e. The molecule has 1 heterocycles. The zero-order valence-electron chi connectivity index (χ0n) is 11.1. The highest BCUT2D eigenvalue weighted by molar-refractivity contribution is 9.10. The molecular formula is C16H15BrN2O. The van der Waals surface area contributed by atoms with Crippen LogP contribution in [0, 0.1) is 0 Å².